The van der Waals surface area contributed by atoms with E-state index in [1.165, 1.54) is 10.9 Å². The first kappa shape index (κ1) is 19.4. The summed E-state index contributed by atoms with van der Waals surface area (Å²) in [5, 5.41) is 4.35. The number of piperazine rings is 1. The lowest BCUT2D eigenvalue weighted by molar-refractivity contribution is -0.133. The summed E-state index contributed by atoms with van der Waals surface area (Å²) < 4.78 is 3.28. The number of nitrogens with zero attached hydrogens (tertiary/aromatic N) is 6. The molecule has 0 atom stereocenters. The highest BCUT2D eigenvalue weighted by Crippen LogP contribution is 2.20. The molecule has 9 heteroatoms. The molecule has 2 amide bonds. The Kier molecular flexibility index (Phi) is 5.21. The van der Waals surface area contributed by atoms with Crippen LogP contribution in [0.4, 0.5) is 0 Å². The van der Waals surface area contributed by atoms with Crippen LogP contribution in [0.25, 0.3) is 0 Å². The van der Waals surface area contributed by atoms with E-state index < -0.39 is 0 Å². The lowest BCUT2D eigenvalue weighted by Gasteiger charge is -2.35. The van der Waals surface area contributed by atoms with Crippen molar-refractivity contribution >= 4 is 11.8 Å². The topological polar surface area (TPSA) is 93.3 Å². The maximum Gasteiger partial charge on any atom is 0.257 e. The Morgan fingerprint density at radius 3 is 2.52 bits per heavy atom. The maximum atomic E-state index is 12.9. The molecule has 1 saturated heterocycles. The van der Waals surface area contributed by atoms with Crippen LogP contribution in [-0.2, 0) is 24.3 Å². The van der Waals surface area contributed by atoms with Crippen molar-refractivity contribution in [3.8, 4) is 0 Å². The van der Waals surface area contributed by atoms with Crippen LogP contribution in [0.3, 0.4) is 0 Å². The van der Waals surface area contributed by atoms with E-state index in [2.05, 4.69) is 10.1 Å². The van der Waals surface area contributed by atoms with Crippen molar-refractivity contribution in [1.82, 2.24) is 29.1 Å². The van der Waals surface area contributed by atoms with Crippen LogP contribution < -0.4 is 5.56 Å². The molecule has 0 N–H and O–H groups in total. The Labute approximate surface area is 168 Å². The van der Waals surface area contributed by atoms with Gasteiger partial charge in [-0.2, -0.15) is 5.10 Å². The van der Waals surface area contributed by atoms with Crippen molar-refractivity contribution in [2.75, 3.05) is 26.2 Å². The van der Waals surface area contributed by atoms with Gasteiger partial charge in [-0.1, -0.05) is 0 Å². The van der Waals surface area contributed by atoms with Crippen molar-refractivity contribution in [1.29, 1.82) is 0 Å². The van der Waals surface area contributed by atoms with Gasteiger partial charge in [0.2, 0.25) is 5.91 Å². The number of hydrogen-bond donors (Lipinski definition) is 0. The van der Waals surface area contributed by atoms with E-state index in [0.29, 0.717) is 43.0 Å². The minimum absolute atomic E-state index is 0.00479. The molecule has 154 valence electrons. The van der Waals surface area contributed by atoms with Gasteiger partial charge in [0.05, 0.1) is 23.8 Å². The second-order valence-corrected chi connectivity index (χ2v) is 7.75. The van der Waals surface area contributed by atoms with E-state index in [-0.39, 0.29) is 23.9 Å². The zero-order chi connectivity index (χ0) is 20.5. The van der Waals surface area contributed by atoms with E-state index in [4.69, 9.17) is 0 Å². The summed E-state index contributed by atoms with van der Waals surface area (Å²) in [6.45, 7) is 6.21. The van der Waals surface area contributed by atoms with Gasteiger partial charge >= 0.3 is 0 Å². The van der Waals surface area contributed by atoms with E-state index >= 15 is 0 Å². The molecule has 0 aliphatic carbocycles. The minimum atomic E-state index is -0.189. The molecule has 0 radical (unpaired) electrons. The summed E-state index contributed by atoms with van der Waals surface area (Å²) in [4.78, 5) is 45.5. The van der Waals surface area contributed by atoms with Gasteiger partial charge in [-0.25, -0.2) is 4.98 Å². The van der Waals surface area contributed by atoms with Gasteiger partial charge < -0.3 is 9.80 Å². The molecular weight excluding hydrogens is 372 g/mol. The summed E-state index contributed by atoms with van der Waals surface area (Å²) in [5.74, 6) is -0.137. The van der Waals surface area contributed by atoms with Gasteiger partial charge in [0.25, 0.3) is 11.5 Å². The van der Waals surface area contributed by atoms with Gasteiger partial charge in [-0.05, 0) is 33.1 Å². The fourth-order valence-electron chi connectivity index (χ4n) is 3.96. The van der Waals surface area contributed by atoms with Gasteiger partial charge in [-0.3, -0.25) is 23.6 Å². The Morgan fingerprint density at radius 2 is 1.76 bits per heavy atom. The maximum absolute atomic E-state index is 12.9. The smallest absolute Gasteiger partial charge is 0.257 e. The van der Waals surface area contributed by atoms with Crippen LogP contribution in [0.1, 0.15) is 40.2 Å². The SMILES string of the molecule is Cc1ncn(CC(=O)N2CCN(C(=O)c3cnn4c3CCCC4)CC2)c(=O)c1C. The highest BCUT2D eigenvalue weighted by Gasteiger charge is 2.28. The molecule has 0 bridgehead atoms. The zero-order valence-electron chi connectivity index (χ0n) is 16.9. The van der Waals surface area contributed by atoms with Crippen LogP contribution in [-0.4, -0.2) is 67.1 Å². The molecule has 0 unspecified atom stereocenters. The molecule has 2 aliphatic rings. The Bertz CT molecular complexity index is 1000. The molecule has 0 aromatic carbocycles. The molecule has 2 aromatic heterocycles. The average Bonchev–Trinajstić information content (AvgIpc) is 3.18. The lowest BCUT2D eigenvalue weighted by Crippen LogP contribution is -2.51. The Balaban J connectivity index is 1.37. The highest BCUT2D eigenvalue weighted by atomic mass is 16.2. The van der Waals surface area contributed by atoms with Crippen LogP contribution in [0.2, 0.25) is 0 Å². The van der Waals surface area contributed by atoms with Gasteiger partial charge in [0.15, 0.2) is 0 Å². The number of aryl methyl sites for hydroxylation is 2. The quantitative estimate of drug-likeness (QED) is 0.745. The summed E-state index contributed by atoms with van der Waals surface area (Å²) in [6.07, 6.45) is 6.17. The Hall–Kier alpha value is -2.97. The highest BCUT2D eigenvalue weighted by molar-refractivity contribution is 5.95. The van der Waals surface area contributed by atoms with Crippen molar-refractivity contribution in [3.63, 3.8) is 0 Å². The number of carbonyl (C=O) groups is 2. The second-order valence-electron chi connectivity index (χ2n) is 7.75. The fourth-order valence-corrected chi connectivity index (χ4v) is 3.96. The van der Waals surface area contributed by atoms with Gasteiger partial charge in [0, 0.05) is 44.0 Å². The molecule has 2 aromatic rings. The third-order valence-electron chi connectivity index (χ3n) is 5.95. The normalized spacial score (nSPS) is 16.6. The summed E-state index contributed by atoms with van der Waals surface area (Å²) in [7, 11) is 0. The minimum Gasteiger partial charge on any atom is -0.338 e. The summed E-state index contributed by atoms with van der Waals surface area (Å²) in [5.41, 5.74) is 2.76. The predicted octanol–water partition coefficient (Wildman–Crippen LogP) is 0.378. The number of carbonyl (C=O) groups excluding carboxylic acids is 2. The summed E-state index contributed by atoms with van der Waals surface area (Å²) >= 11 is 0. The molecule has 0 saturated carbocycles. The Morgan fingerprint density at radius 1 is 1.03 bits per heavy atom. The van der Waals surface area contributed by atoms with Gasteiger partial charge in [-0.15, -0.1) is 0 Å². The van der Waals surface area contributed by atoms with Crippen LogP contribution >= 0.6 is 0 Å². The number of hydrogen-bond acceptors (Lipinski definition) is 5. The largest absolute Gasteiger partial charge is 0.338 e. The fraction of sp³-hybridized carbons (Fsp3) is 0.550. The third kappa shape index (κ3) is 3.68. The first-order valence-electron chi connectivity index (χ1n) is 10.1. The van der Waals surface area contributed by atoms with Crippen LogP contribution in [0, 0.1) is 13.8 Å². The number of amides is 2. The van der Waals surface area contributed by atoms with E-state index in [0.717, 1.165) is 31.5 Å². The van der Waals surface area contributed by atoms with Crippen molar-refractivity contribution < 1.29 is 9.59 Å². The number of rotatable bonds is 3. The standard InChI is InChI=1S/C20H26N6O3/c1-14-15(2)21-13-25(19(14)28)12-18(27)23-7-9-24(10-8-23)20(29)16-11-22-26-6-4-3-5-17(16)26/h11,13H,3-10,12H2,1-2H3. The second kappa shape index (κ2) is 7.81. The van der Waals surface area contributed by atoms with Crippen molar-refractivity contribution in [2.45, 2.75) is 46.2 Å². The first-order chi connectivity index (χ1) is 14.0. The summed E-state index contributed by atoms with van der Waals surface area (Å²) in [6, 6.07) is 0. The molecule has 4 rings (SSSR count). The predicted molar refractivity (Wildman–Crippen MR) is 106 cm³/mol. The molecular formula is C20H26N6O3. The third-order valence-corrected chi connectivity index (χ3v) is 5.95. The van der Waals surface area contributed by atoms with Gasteiger partial charge in [0.1, 0.15) is 6.54 Å². The van der Waals surface area contributed by atoms with Crippen molar-refractivity contribution in [3.05, 3.63) is 45.4 Å². The molecule has 4 heterocycles. The molecule has 1 fully saturated rings. The van der Waals surface area contributed by atoms with Crippen LogP contribution in [0.15, 0.2) is 17.3 Å². The van der Waals surface area contributed by atoms with Crippen molar-refractivity contribution in [2.24, 2.45) is 0 Å². The average molecular weight is 398 g/mol. The van der Waals surface area contributed by atoms with E-state index in [1.54, 1.807) is 29.8 Å². The van der Waals surface area contributed by atoms with Crippen LogP contribution in [0.5, 0.6) is 0 Å². The number of fused-ring (bicyclic) bond motifs is 1. The molecule has 0 spiro atoms. The monoisotopic (exact) mass is 398 g/mol. The lowest BCUT2D eigenvalue weighted by atomic mass is 10.1. The molecule has 9 nitrogen and oxygen atoms in total. The first-order valence-corrected chi connectivity index (χ1v) is 10.1. The van der Waals surface area contributed by atoms with E-state index in [1.807, 2.05) is 4.68 Å². The molecule has 29 heavy (non-hydrogen) atoms. The van der Waals surface area contributed by atoms with E-state index in [9.17, 15) is 14.4 Å². The molecule has 2 aliphatic heterocycles. The zero-order valence-corrected chi connectivity index (χ0v) is 16.9. The number of aromatic nitrogens is 4.